The van der Waals surface area contributed by atoms with E-state index in [0.29, 0.717) is 59.2 Å². The number of fused-ring (bicyclic) bond motifs is 1. The van der Waals surface area contributed by atoms with E-state index >= 15 is 0 Å². The van der Waals surface area contributed by atoms with Gasteiger partial charge in [0.25, 0.3) is 5.60 Å². The third-order valence-electron chi connectivity index (χ3n) is 6.08. The van der Waals surface area contributed by atoms with E-state index in [2.05, 4.69) is 15.2 Å². The highest BCUT2D eigenvalue weighted by molar-refractivity contribution is 6.30. The van der Waals surface area contributed by atoms with Gasteiger partial charge in [0, 0.05) is 30.5 Å². The molecule has 5 rings (SSSR count). The normalized spacial score (nSPS) is 16.9. The Bertz CT molecular complexity index is 1400. The van der Waals surface area contributed by atoms with Crippen LogP contribution in [0.5, 0.6) is 11.5 Å². The van der Waals surface area contributed by atoms with Gasteiger partial charge in [-0.1, -0.05) is 17.7 Å². The third-order valence-corrected chi connectivity index (χ3v) is 6.33. The van der Waals surface area contributed by atoms with Gasteiger partial charge in [-0.25, -0.2) is 9.78 Å². The predicted octanol–water partition coefficient (Wildman–Crippen LogP) is 5.20. The van der Waals surface area contributed by atoms with Crippen molar-refractivity contribution in [1.82, 2.24) is 19.7 Å². The van der Waals surface area contributed by atoms with Crippen LogP contribution in [-0.4, -0.2) is 39.4 Å². The van der Waals surface area contributed by atoms with Gasteiger partial charge in [0.15, 0.2) is 23.3 Å². The first kappa shape index (κ1) is 23.9. The number of hydrogen-bond acceptors (Lipinski definition) is 8. The highest BCUT2D eigenvalue weighted by Crippen LogP contribution is 2.40. The first-order valence-corrected chi connectivity index (χ1v) is 12.0. The van der Waals surface area contributed by atoms with E-state index in [-0.39, 0.29) is 6.61 Å². The predicted molar refractivity (Wildman–Crippen MR) is 132 cm³/mol. The van der Waals surface area contributed by atoms with E-state index in [0.717, 1.165) is 11.1 Å². The second kappa shape index (κ2) is 9.66. The fraction of sp³-hybridized carbons (Fsp3) is 0.308. The Hall–Kier alpha value is -3.85. The number of benzene rings is 2. The largest absolute Gasteiger partial charge is 0.496 e. The molecule has 1 aliphatic rings. The van der Waals surface area contributed by atoms with Crippen molar-refractivity contribution in [2.75, 3.05) is 13.7 Å². The molecule has 2 aromatic carbocycles. The van der Waals surface area contributed by atoms with Gasteiger partial charge in [0.2, 0.25) is 0 Å². The number of carbonyl (C=O) groups excluding carboxylic acids is 1. The molecule has 2 aromatic heterocycles. The van der Waals surface area contributed by atoms with Crippen molar-refractivity contribution in [3.05, 3.63) is 65.4 Å². The SMILES string of the molecule is CCOC(=O)C1(Oc2ccc(Cl)cc2)CCCn2c(-c3ccc(-c4cnc(C)o4)c(OC)c3)nnc21. The molecular formula is C26H25ClN4O5. The van der Waals surface area contributed by atoms with E-state index in [1.807, 2.05) is 22.8 Å². The smallest absolute Gasteiger partial charge is 0.358 e. The number of hydrogen-bond donors (Lipinski definition) is 0. The second-order valence-electron chi connectivity index (χ2n) is 8.36. The molecule has 0 saturated heterocycles. The van der Waals surface area contributed by atoms with Gasteiger partial charge >= 0.3 is 5.97 Å². The minimum atomic E-state index is -1.44. The number of carbonyl (C=O) groups is 1. The lowest BCUT2D eigenvalue weighted by Crippen LogP contribution is -2.47. The topological polar surface area (TPSA) is 102 Å². The Kier molecular flexibility index (Phi) is 6.40. The first-order chi connectivity index (χ1) is 17.4. The summed E-state index contributed by atoms with van der Waals surface area (Å²) >= 11 is 6.04. The van der Waals surface area contributed by atoms with Crippen LogP contribution in [0.25, 0.3) is 22.7 Å². The summed E-state index contributed by atoms with van der Waals surface area (Å²) in [4.78, 5) is 17.5. The summed E-state index contributed by atoms with van der Waals surface area (Å²) in [6.45, 7) is 4.38. The van der Waals surface area contributed by atoms with Crippen molar-refractivity contribution in [2.24, 2.45) is 0 Å². The summed E-state index contributed by atoms with van der Waals surface area (Å²) < 4.78 is 25.0. The van der Waals surface area contributed by atoms with E-state index in [9.17, 15) is 4.79 Å². The summed E-state index contributed by atoms with van der Waals surface area (Å²) in [6.07, 6.45) is 2.73. The molecule has 9 nitrogen and oxygen atoms in total. The zero-order valence-corrected chi connectivity index (χ0v) is 20.9. The zero-order chi connectivity index (χ0) is 25.3. The molecule has 1 unspecified atom stereocenters. The van der Waals surface area contributed by atoms with Gasteiger partial charge < -0.3 is 23.2 Å². The number of ether oxygens (including phenoxy) is 3. The van der Waals surface area contributed by atoms with Crippen LogP contribution >= 0.6 is 11.6 Å². The summed E-state index contributed by atoms with van der Waals surface area (Å²) in [6, 6.07) is 12.5. The Balaban J connectivity index is 1.58. The maximum Gasteiger partial charge on any atom is 0.358 e. The molecule has 1 aliphatic heterocycles. The monoisotopic (exact) mass is 508 g/mol. The fourth-order valence-corrected chi connectivity index (χ4v) is 4.55. The van der Waals surface area contributed by atoms with Crippen LogP contribution in [0.3, 0.4) is 0 Å². The molecule has 3 heterocycles. The summed E-state index contributed by atoms with van der Waals surface area (Å²) in [5.41, 5.74) is 0.110. The molecule has 1 atom stereocenters. The molecule has 36 heavy (non-hydrogen) atoms. The van der Waals surface area contributed by atoms with Gasteiger partial charge in [-0.15, -0.1) is 10.2 Å². The Morgan fingerprint density at radius 1 is 1.19 bits per heavy atom. The minimum absolute atomic E-state index is 0.214. The number of aromatic nitrogens is 4. The highest BCUT2D eigenvalue weighted by atomic mass is 35.5. The zero-order valence-electron chi connectivity index (χ0n) is 20.2. The molecule has 0 aliphatic carbocycles. The number of esters is 1. The number of aryl methyl sites for hydroxylation is 1. The van der Waals surface area contributed by atoms with Gasteiger partial charge in [0.1, 0.15) is 11.5 Å². The lowest BCUT2D eigenvalue weighted by Gasteiger charge is -2.34. The summed E-state index contributed by atoms with van der Waals surface area (Å²) in [5, 5.41) is 9.46. The summed E-state index contributed by atoms with van der Waals surface area (Å²) in [7, 11) is 1.59. The van der Waals surface area contributed by atoms with E-state index < -0.39 is 11.6 Å². The van der Waals surface area contributed by atoms with Crippen LogP contribution < -0.4 is 9.47 Å². The number of rotatable bonds is 7. The van der Waals surface area contributed by atoms with Crippen LogP contribution in [0, 0.1) is 6.92 Å². The van der Waals surface area contributed by atoms with Gasteiger partial charge in [-0.2, -0.15) is 0 Å². The molecule has 0 bridgehead atoms. The van der Waals surface area contributed by atoms with Crippen LogP contribution in [0.4, 0.5) is 0 Å². The molecule has 186 valence electrons. The molecular weight excluding hydrogens is 484 g/mol. The van der Waals surface area contributed by atoms with Crippen LogP contribution in [0.15, 0.2) is 53.1 Å². The number of halogens is 1. The first-order valence-electron chi connectivity index (χ1n) is 11.6. The molecule has 0 N–H and O–H groups in total. The van der Waals surface area contributed by atoms with E-state index in [4.69, 9.17) is 30.2 Å². The Morgan fingerprint density at radius 3 is 2.69 bits per heavy atom. The fourth-order valence-electron chi connectivity index (χ4n) is 4.43. The van der Waals surface area contributed by atoms with E-state index in [1.54, 1.807) is 51.4 Å². The van der Waals surface area contributed by atoms with Crippen molar-refractivity contribution < 1.29 is 23.4 Å². The average molecular weight is 509 g/mol. The lowest BCUT2D eigenvalue weighted by molar-refractivity contribution is -0.166. The Labute approximate surface area is 213 Å². The third kappa shape index (κ3) is 4.19. The van der Waals surface area contributed by atoms with Crippen molar-refractivity contribution in [3.63, 3.8) is 0 Å². The molecule has 0 amide bonds. The van der Waals surface area contributed by atoms with Gasteiger partial charge in [-0.05, 0) is 49.7 Å². The number of oxazole rings is 1. The van der Waals surface area contributed by atoms with Crippen LogP contribution in [0.2, 0.25) is 5.02 Å². The quantitative estimate of drug-likeness (QED) is 0.314. The number of methoxy groups -OCH3 is 1. The summed E-state index contributed by atoms with van der Waals surface area (Å²) in [5.74, 6) is 2.75. The van der Waals surface area contributed by atoms with Gasteiger partial charge in [-0.3, -0.25) is 0 Å². The number of nitrogens with zero attached hydrogens (tertiary/aromatic N) is 4. The molecule has 4 aromatic rings. The van der Waals surface area contributed by atoms with Crippen molar-refractivity contribution in [2.45, 2.75) is 38.8 Å². The molecule has 0 fully saturated rings. The molecule has 10 heteroatoms. The average Bonchev–Trinajstić information content (AvgIpc) is 3.52. The minimum Gasteiger partial charge on any atom is -0.496 e. The van der Waals surface area contributed by atoms with Crippen molar-refractivity contribution in [1.29, 1.82) is 0 Å². The highest BCUT2D eigenvalue weighted by Gasteiger charge is 2.51. The second-order valence-corrected chi connectivity index (χ2v) is 8.80. The molecule has 0 saturated carbocycles. The lowest BCUT2D eigenvalue weighted by atomic mass is 9.92. The van der Waals surface area contributed by atoms with Gasteiger partial charge in [0.05, 0.1) is 25.5 Å². The standard InChI is InChI=1S/C26H25ClN4O5/c1-4-34-25(32)26(36-19-9-7-18(27)8-10-19)12-5-13-31-23(29-30-24(26)31)17-6-11-20(21(14-17)33-3)22-15-28-16(2)35-22/h6-11,14-15H,4-5,12-13H2,1-3H3. The van der Waals surface area contributed by atoms with Crippen molar-refractivity contribution >= 4 is 17.6 Å². The molecule has 0 radical (unpaired) electrons. The maximum absolute atomic E-state index is 13.3. The van der Waals surface area contributed by atoms with Crippen molar-refractivity contribution in [3.8, 4) is 34.2 Å². The van der Waals surface area contributed by atoms with Crippen LogP contribution in [0.1, 0.15) is 31.5 Å². The molecule has 0 spiro atoms. The maximum atomic E-state index is 13.3. The Morgan fingerprint density at radius 2 is 2.00 bits per heavy atom. The van der Waals surface area contributed by atoms with Crippen LogP contribution in [-0.2, 0) is 21.7 Å². The van der Waals surface area contributed by atoms with E-state index in [1.165, 1.54) is 0 Å².